The van der Waals surface area contributed by atoms with Crippen LogP contribution in [-0.2, 0) is 6.54 Å². The topological polar surface area (TPSA) is 74.2 Å². The van der Waals surface area contributed by atoms with Gasteiger partial charge in [-0.15, -0.1) is 13.2 Å². The van der Waals surface area contributed by atoms with Crippen molar-refractivity contribution in [2.24, 2.45) is 5.73 Å². The van der Waals surface area contributed by atoms with Gasteiger partial charge in [-0.05, 0) is 0 Å². The van der Waals surface area contributed by atoms with Gasteiger partial charge in [0.05, 0.1) is 11.4 Å². The van der Waals surface area contributed by atoms with E-state index in [2.05, 4.69) is 9.72 Å². The Morgan fingerprint density at radius 1 is 1.35 bits per heavy atom. The predicted octanol–water partition coefficient (Wildman–Crippen LogP) is 1.96. The van der Waals surface area contributed by atoms with Gasteiger partial charge in [-0.25, -0.2) is 13.8 Å². The zero-order chi connectivity index (χ0) is 13.2. The average molecular weight is 257 g/mol. The Balaban J connectivity index is 3.19. The molecule has 0 saturated heterocycles. The van der Waals surface area contributed by atoms with E-state index in [-0.39, 0.29) is 0 Å². The Labute approximate surface area is 92.4 Å². The summed E-state index contributed by atoms with van der Waals surface area (Å²) >= 11 is 0. The maximum Gasteiger partial charge on any atom is 0.573 e. The van der Waals surface area contributed by atoms with E-state index in [0.29, 0.717) is 6.07 Å². The number of hydrogen-bond donors (Lipinski definition) is 2. The Morgan fingerprint density at radius 2 is 1.94 bits per heavy atom. The van der Waals surface area contributed by atoms with Crippen LogP contribution in [0.3, 0.4) is 0 Å². The molecule has 1 rings (SSSR count). The number of rotatable bonds is 3. The van der Waals surface area contributed by atoms with Gasteiger partial charge in [0.15, 0.2) is 5.75 Å². The van der Waals surface area contributed by atoms with Crippen LogP contribution in [0.1, 0.15) is 17.8 Å². The quantitative estimate of drug-likeness (QED) is 0.812. The first kappa shape index (κ1) is 13.4. The van der Waals surface area contributed by atoms with Gasteiger partial charge in [-0.3, -0.25) is 0 Å². The van der Waals surface area contributed by atoms with Gasteiger partial charge in [-0.2, -0.15) is 0 Å². The van der Waals surface area contributed by atoms with Crippen LogP contribution in [0, 0.1) is 0 Å². The molecule has 0 fully saturated rings. The molecule has 0 aliphatic carbocycles. The molecule has 0 saturated carbocycles. The highest BCUT2D eigenvalue weighted by molar-refractivity contribution is 5.50. The highest BCUT2D eigenvalue weighted by atomic mass is 19.4. The van der Waals surface area contributed by atoms with Crippen molar-refractivity contribution in [2.45, 2.75) is 19.3 Å². The normalized spacial score (nSPS) is 11.9. The minimum absolute atomic E-state index is 0.438. The van der Waals surface area contributed by atoms with Crippen LogP contribution < -0.4 is 16.2 Å². The number of alkyl halides is 5. The van der Waals surface area contributed by atoms with Crippen molar-refractivity contribution in [1.29, 1.82) is 0 Å². The molecule has 1 aromatic rings. The number of ether oxygens (including phenoxy) is 1. The lowest BCUT2D eigenvalue weighted by atomic mass is 10.2. The van der Waals surface area contributed by atoms with E-state index < -0.39 is 42.2 Å². The van der Waals surface area contributed by atoms with Crippen molar-refractivity contribution in [2.75, 3.05) is 5.73 Å². The number of halogens is 5. The third-order valence-corrected chi connectivity index (χ3v) is 1.75. The van der Waals surface area contributed by atoms with Crippen molar-refractivity contribution in [3.05, 3.63) is 17.5 Å². The molecule has 4 nitrogen and oxygen atoms in total. The highest BCUT2D eigenvalue weighted by Gasteiger charge is 2.33. The second-order valence-corrected chi connectivity index (χ2v) is 2.96. The summed E-state index contributed by atoms with van der Waals surface area (Å²) in [5, 5.41) is 0. The Hall–Kier alpha value is -1.64. The van der Waals surface area contributed by atoms with E-state index in [4.69, 9.17) is 11.5 Å². The first-order valence-corrected chi connectivity index (χ1v) is 4.28. The molecule has 1 aromatic heterocycles. The fourth-order valence-corrected chi connectivity index (χ4v) is 1.10. The van der Waals surface area contributed by atoms with E-state index in [1.807, 2.05) is 0 Å². The summed E-state index contributed by atoms with van der Waals surface area (Å²) in [6.07, 6.45) is -7.97. The number of nitrogens with two attached hydrogens (primary N) is 2. The molecular formula is C8H8F5N3O. The van der Waals surface area contributed by atoms with Crippen LogP contribution in [0.25, 0.3) is 0 Å². The molecule has 17 heavy (non-hydrogen) atoms. The first-order chi connectivity index (χ1) is 7.74. The molecule has 0 aliphatic heterocycles. The van der Waals surface area contributed by atoms with Gasteiger partial charge in [0.25, 0.3) is 6.43 Å². The number of aromatic nitrogens is 1. The van der Waals surface area contributed by atoms with Crippen molar-refractivity contribution >= 4 is 5.69 Å². The minimum Gasteiger partial charge on any atom is -0.404 e. The van der Waals surface area contributed by atoms with E-state index in [1.165, 1.54) is 0 Å². The molecule has 0 amide bonds. The van der Waals surface area contributed by atoms with Gasteiger partial charge in [0.1, 0.15) is 5.69 Å². The fourth-order valence-electron chi connectivity index (χ4n) is 1.10. The van der Waals surface area contributed by atoms with Crippen molar-refractivity contribution in [1.82, 2.24) is 4.98 Å². The Kier molecular flexibility index (Phi) is 3.71. The summed E-state index contributed by atoms with van der Waals surface area (Å²) in [7, 11) is 0. The number of nitrogen functional groups attached to an aromatic ring is 1. The smallest absolute Gasteiger partial charge is 0.404 e. The van der Waals surface area contributed by atoms with Gasteiger partial charge in [-0.1, -0.05) is 0 Å². The predicted molar refractivity (Wildman–Crippen MR) is 48.2 cm³/mol. The zero-order valence-corrected chi connectivity index (χ0v) is 8.26. The van der Waals surface area contributed by atoms with Crippen LogP contribution >= 0.6 is 0 Å². The molecular weight excluding hydrogens is 249 g/mol. The Morgan fingerprint density at radius 3 is 2.35 bits per heavy atom. The number of pyridine rings is 1. The molecule has 0 radical (unpaired) electrons. The molecule has 0 atom stereocenters. The van der Waals surface area contributed by atoms with Crippen molar-refractivity contribution in [3.8, 4) is 5.75 Å². The van der Waals surface area contributed by atoms with Gasteiger partial charge in [0, 0.05) is 12.6 Å². The van der Waals surface area contributed by atoms with Crippen LogP contribution in [0.4, 0.5) is 27.6 Å². The lowest BCUT2D eigenvalue weighted by Crippen LogP contribution is -2.20. The minimum atomic E-state index is -4.97. The summed E-state index contributed by atoms with van der Waals surface area (Å²) in [6.45, 7) is -0.481. The molecule has 0 bridgehead atoms. The van der Waals surface area contributed by atoms with Crippen LogP contribution in [-0.4, -0.2) is 11.3 Å². The SMILES string of the molecule is NCc1nc(C(F)F)c(N)cc1OC(F)(F)F. The lowest BCUT2D eigenvalue weighted by Gasteiger charge is -2.14. The van der Waals surface area contributed by atoms with Crippen LogP contribution in [0.2, 0.25) is 0 Å². The highest BCUT2D eigenvalue weighted by Crippen LogP contribution is 2.31. The standard InChI is InChI=1S/C8H8F5N3O/c9-7(10)6-3(15)1-5(4(2-14)16-6)17-8(11,12)13/h1,7H,2,14-15H2. The molecule has 0 aromatic carbocycles. The van der Waals surface area contributed by atoms with Crippen molar-refractivity contribution < 1.29 is 26.7 Å². The molecule has 0 spiro atoms. The zero-order valence-electron chi connectivity index (χ0n) is 8.26. The van der Waals surface area contributed by atoms with Crippen LogP contribution in [0.5, 0.6) is 5.75 Å². The number of hydrogen-bond acceptors (Lipinski definition) is 4. The second kappa shape index (κ2) is 4.70. The first-order valence-electron chi connectivity index (χ1n) is 4.28. The molecule has 9 heteroatoms. The third kappa shape index (κ3) is 3.41. The van der Waals surface area contributed by atoms with Gasteiger partial charge in [0.2, 0.25) is 0 Å². The van der Waals surface area contributed by atoms with E-state index >= 15 is 0 Å². The van der Waals surface area contributed by atoms with E-state index in [1.54, 1.807) is 0 Å². The largest absolute Gasteiger partial charge is 0.573 e. The average Bonchev–Trinajstić information content (AvgIpc) is 2.14. The fraction of sp³-hybridized carbons (Fsp3) is 0.375. The van der Waals surface area contributed by atoms with E-state index in [9.17, 15) is 22.0 Å². The second-order valence-electron chi connectivity index (χ2n) is 2.96. The van der Waals surface area contributed by atoms with Gasteiger partial charge < -0.3 is 16.2 Å². The summed E-state index contributed by atoms with van der Waals surface area (Å²) in [5.41, 5.74) is 8.38. The molecule has 0 unspecified atom stereocenters. The lowest BCUT2D eigenvalue weighted by molar-refractivity contribution is -0.275. The summed E-state index contributed by atoms with van der Waals surface area (Å²) in [4.78, 5) is 3.25. The van der Waals surface area contributed by atoms with Crippen LogP contribution in [0.15, 0.2) is 6.07 Å². The summed E-state index contributed by atoms with van der Waals surface area (Å²) in [5.74, 6) is -0.776. The number of anilines is 1. The van der Waals surface area contributed by atoms with E-state index in [0.717, 1.165) is 0 Å². The van der Waals surface area contributed by atoms with Crippen molar-refractivity contribution in [3.63, 3.8) is 0 Å². The molecule has 1 heterocycles. The molecule has 4 N–H and O–H groups in total. The molecule has 0 aliphatic rings. The number of nitrogens with zero attached hydrogens (tertiary/aromatic N) is 1. The maximum atomic E-state index is 12.4. The Bertz CT molecular complexity index is 407. The summed E-state index contributed by atoms with van der Waals surface area (Å²) < 4.78 is 64.2. The summed E-state index contributed by atoms with van der Waals surface area (Å²) in [6, 6.07) is 0.629. The molecule has 96 valence electrons. The maximum absolute atomic E-state index is 12.4. The monoisotopic (exact) mass is 257 g/mol. The van der Waals surface area contributed by atoms with Gasteiger partial charge >= 0.3 is 6.36 Å². The third-order valence-electron chi connectivity index (χ3n) is 1.75.